The Labute approximate surface area is 173 Å². The highest BCUT2D eigenvalue weighted by Gasteiger charge is 2.23. The highest BCUT2D eigenvalue weighted by atomic mass is 16.5. The number of carbonyl (C=O) groups is 2. The first-order valence-corrected chi connectivity index (χ1v) is 10.9. The van der Waals surface area contributed by atoms with Gasteiger partial charge in [0.05, 0.1) is 39.1 Å². The zero-order chi connectivity index (χ0) is 21.2. The summed E-state index contributed by atoms with van der Waals surface area (Å²) in [6.07, 6.45) is 7.84. The first-order chi connectivity index (χ1) is 13.4. The molecule has 0 saturated heterocycles. The van der Waals surface area contributed by atoms with Crippen LogP contribution < -0.4 is 5.32 Å². The summed E-state index contributed by atoms with van der Waals surface area (Å²) < 4.78 is 15.8. The van der Waals surface area contributed by atoms with E-state index in [1.165, 1.54) is 19.3 Å². The molecule has 0 bridgehead atoms. The van der Waals surface area contributed by atoms with Crippen LogP contribution in [-0.2, 0) is 23.8 Å². The van der Waals surface area contributed by atoms with E-state index >= 15 is 0 Å². The Balaban J connectivity index is 0. The molecule has 1 aliphatic carbocycles. The van der Waals surface area contributed by atoms with Crippen molar-refractivity contribution in [3.05, 3.63) is 0 Å². The molecular formula is C22H45NO5. The van der Waals surface area contributed by atoms with E-state index in [1.807, 2.05) is 13.8 Å². The fraction of sp³-hybridized carbons (Fsp3) is 0.909. The van der Waals surface area contributed by atoms with Crippen LogP contribution in [0.4, 0.5) is 0 Å². The van der Waals surface area contributed by atoms with Crippen LogP contribution in [0.1, 0.15) is 74.1 Å². The number of rotatable bonds is 13. The van der Waals surface area contributed by atoms with Crippen molar-refractivity contribution in [2.75, 3.05) is 40.1 Å². The number of hydrogen-bond donors (Lipinski definition) is 1. The van der Waals surface area contributed by atoms with Gasteiger partial charge in [0, 0.05) is 26.7 Å². The molecule has 0 radical (unpaired) electrons. The van der Waals surface area contributed by atoms with Crippen molar-refractivity contribution in [1.82, 2.24) is 5.32 Å². The maximum atomic E-state index is 11.7. The van der Waals surface area contributed by atoms with Crippen molar-refractivity contribution >= 4 is 11.7 Å². The monoisotopic (exact) mass is 403 g/mol. The van der Waals surface area contributed by atoms with Gasteiger partial charge in [-0.3, -0.25) is 9.59 Å². The van der Waals surface area contributed by atoms with Crippen molar-refractivity contribution in [1.29, 1.82) is 0 Å². The summed E-state index contributed by atoms with van der Waals surface area (Å²) in [5, 5.41) is 2.53. The molecule has 0 aromatic carbocycles. The number of ether oxygens (including phenoxy) is 3. The second-order valence-corrected chi connectivity index (χ2v) is 7.61. The fourth-order valence-corrected chi connectivity index (χ4v) is 2.95. The van der Waals surface area contributed by atoms with Crippen LogP contribution in [0.5, 0.6) is 0 Å². The quantitative estimate of drug-likeness (QED) is 0.470. The average Bonchev–Trinajstić information content (AvgIpc) is 2.72. The lowest BCUT2D eigenvalue weighted by Crippen LogP contribution is -2.23. The molecule has 1 atom stereocenters. The van der Waals surface area contributed by atoms with Crippen molar-refractivity contribution in [2.24, 2.45) is 11.8 Å². The molecule has 1 aliphatic rings. The van der Waals surface area contributed by atoms with Crippen molar-refractivity contribution < 1.29 is 25.2 Å². The average molecular weight is 404 g/mol. The van der Waals surface area contributed by atoms with Crippen molar-refractivity contribution in [3.63, 3.8) is 0 Å². The predicted molar refractivity (Wildman–Crippen MR) is 115 cm³/mol. The minimum absolute atomic E-state index is 0. The molecule has 0 aromatic rings. The van der Waals surface area contributed by atoms with E-state index in [9.17, 15) is 9.59 Å². The fourth-order valence-electron chi connectivity index (χ4n) is 2.95. The molecule has 1 saturated carbocycles. The third-order valence-electron chi connectivity index (χ3n) is 4.91. The van der Waals surface area contributed by atoms with E-state index in [0.29, 0.717) is 57.1 Å². The van der Waals surface area contributed by atoms with Crippen LogP contribution >= 0.6 is 0 Å². The molecule has 0 spiro atoms. The maximum Gasteiger partial charge on any atom is 0.222 e. The summed E-state index contributed by atoms with van der Waals surface area (Å²) in [5.41, 5.74) is 0. The van der Waals surface area contributed by atoms with Crippen LogP contribution in [0.25, 0.3) is 0 Å². The SMILES string of the molecule is CCC(C)C(=O)C1CCCCC1.CNC(=O)CCOCCOCCOC(C)C.[HH]. The normalized spacial score (nSPS) is 15.6. The lowest BCUT2D eigenvalue weighted by Gasteiger charge is -2.22. The van der Waals surface area contributed by atoms with Crippen LogP contribution in [0.2, 0.25) is 0 Å². The number of carbonyl (C=O) groups excluding carboxylic acids is 2. The maximum absolute atomic E-state index is 11.7. The molecule has 1 N–H and O–H groups in total. The minimum atomic E-state index is -0.00810. The van der Waals surface area contributed by atoms with Gasteiger partial charge in [-0.05, 0) is 33.1 Å². The highest BCUT2D eigenvalue weighted by molar-refractivity contribution is 5.83. The van der Waals surface area contributed by atoms with Gasteiger partial charge in [-0.1, -0.05) is 33.1 Å². The lowest BCUT2D eigenvalue weighted by atomic mass is 9.81. The van der Waals surface area contributed by atoms with Crippen LogP contribution in [0.15, 0.2) is 0 Å². The molecular weight excluding hydrogens is 358 g/mol. The summed E-state index contributed by atoms with van der Waals surface area (Å²) in [5.74, 6) is 1.23. The van der Waals surface area contributed by atoms with Crippen LogP contribution in [0, 0.1) is 11.8 Å². The highest BCUT2D eigenvalue weighted by Crippen LogP contribution is 2.27. The molecule has 0 heterocycles. The first kappa shape index (κ1) is 27.0. The Morgan fingerprint density at radius 3 is 2.07 bits per heavy atom. The summed E-state index contributed by atoms with van der Waals surface area (Å²) in [4.78, 5) is 22.5. The third kappa shape index (κ3) is 15.0. The Bertz CT molecular complexity index is 401. The van der Waals surface area contributed by atoms with Gasteiger partial charge in [0.25, 0.3) is 0 Å². The standard InChI is InChI=1S/C11H23NO4.C11H20O.H2/c1-10(2)16-9-8-15-7-6-14-5-4-11(13)12-3;1-3-9(2)11(12)10-7-5-4-6-8-10;/h10H,4-9H2,1-3H3,(H,12,13);9-10H,3-8H2,1-2H3;1H. The van der Waals surface area contributed by atoms with E-state index < -0.39 is 0 Å². The molecule has 6 heteroatoms. The number of Topliss-reactive ketones (excluding diaryl/α,β-unsaturated/α-hetero) is 1. The Kier molecular flexibility index (Phi) is 17.4. The van der Waals surface area contributed by atoms with E-state index in [4.69, 9.17) is 14.2 Å². The zero-order valence-corrected chi connectivity index (χ0v) is 18.8. The summed E-state index contributed by atoms with van der Waals surface area (Å²) >= 11 is 0. The van der Waals surface area contributed by atoms with Crippen molar-refractivity contribution in [3.8, 4) is 0 Å². The minimum Gasteiger partial charge on any atom is -0.379 e. The molecule has 0 aliphatic heterocycles. The molecule has 168 valence electrons. The van der Waals surface area contributed by atoms with E-state index in [1.54, 1.807) is 7.05 Å². The lowest BCUT2D eigenvalue weighted by molar-refractivity contribution is -0.127. The second kappa shape index (κ2) is 18.1. The molecule has 1 rings (SSSR count). The molecule has 28 heavy (non-hydrogen) atoms. The second-order valence-electron chi connectivity index (χ2n) is 7.61. The summed E-state index contributed by atoms with van der Waals surface area (Å²) in [6, 6.07) is 0. The third-order valence-corrected chi connectivity index (χ3v) is 4.91. The number of amides is 1. The number of ketones is 1. The largest absolute Gasteiger partial charge is 0.379 e. The van der Waals surface area contributed by atoms with E-state index in [-0.39, 0.29) is 13.4 Å². The van der Waals surface area contributed by atoms with Gasteiger partial charge in [0.2, 0.25) is 5.91 Å². The van der Waals surface area contributed by atoms with E-state index in [2.05, 4.69) is 19.2 Å². The summed E-state index contributed by atoms with van der Waals surface area (Å²) in [7, 11) is 1.61. The van der Waals surface area contributed by atoms with Gasteiger partial charge < -0.3 is 19.5 Å². The Hall–Kier alpha value is -0.980. The Morgan fingerprint density at radius 2 is 1.54 bits per heavy atom. The zero-order valence-electron chi connectivity index (χ0n) is 18.8. The number of hydrogen-bond acceptors (Lipinski definition) is 5. The van der Waals surface area contributed by atoms with E-state index in [0.717, 1.165) is 19.3 Å². The van der Waals surface area contributed by atoms with Gasteiger partial charge >= 0.3 is 0 Å². The Morgan fingerprint density at radius 1 is 0.964 bits per heavy atom. The van der Waals surface area contributed by atoms with Crippen molar-refractivity contribution in [2.45, 2.75) is 78.7 Å². The first-order valence-electron chi connectivity index (χ1n) is 10.9. The van der Waals surface area contributed by atoms with Gasteiger partial charge in [-0.25, -0.2) is 0 Å². The van der Waals surface area contributed by atoms with Gasteiger partial charge in [0.15, 0.2) is 0 Å². The smallest absolute Gasteiger partial charge is 0.222 e. The number of nitrogens with one attached hydrogen (secondary N) is 1. The van der Waals surface area contributed by atoms with Crippen LogP contribution in [0.3, 0.4) is 0 Å². The summed E-state index contributed by atoms with van der Waals surface area (Å²) in [6.45, 7) is 10.8. The van der Waals surface area contributed by atoms with Gasteiger partial charge in [0.1, 0.15) is 5.78 Å². The van der Waals surface area contributed by atoms with Gasteiger partial charge in [-0.2, -0.15) is 0 Å². The van der Waals surface area contributed by atoms with Crippen LogP contribution in [-0.4, -0.2) is 57.9 Å². The van der Waals surface area contributed by atoms with Gasteiger partial charge in [-0.15, -0.1) is 0 Å². The molecule has 1 fully saturated rings. The molecule has 0 aromatic heterocycles. The molecule has 6 nitrogen and oxygen atoms in total. The molecule has 1 amide bonds. The predicted octanol–water partition coefficient (Wildman–Crippen LogP) is 4.01. The topological polar surface area (TPSA) is 73.9 Å². The molecule has 1 unspecified atom stereocenters.